The molecule has 1 aromatic rings. The smallest absolute Gasteiger partial charge is 0.191 e. The normalized spacial score (nSPS) is 12.3. The molecule has 0 aliphatic heterocycles. The quantitative estimate of drug-likeness (QED) is 0.317. The van der Waals surface area contributed by atoms with Crippen LogP contribution in [0.2, 0.25) is 0 Å². The lowest BCUT2D eigenvalue weighted by Crippen LogP contribution is -2.42. The van der Waals surface area contributed by atoms with Crippen LogP contribution in [0.15, 0.2) is 29.3 Å². The van der Waals surface area contributed by atoms with Gasteiger partial charge in [-0.2, -0.15) is 0 Å². The first-order valence-electron chi connectivity index (χ1n) is 7.40. The molecule has 0 saturated heterocycles. The predicted octanol–water partition coefficient (Wildman–Crippen LogP) is 3.35. The van der Waals surface area contributed by atoms with Crippen molar-refractivity contribution in [2.75, 3.05) is 19.7 Å². The zero-order valence-electron chi connectivity index (χ0n) is 13.5. The van der Waals surface area contributed by atoms with Gasteiger partial charge in [-0.05, 0) is 38.8 Å². The molecule has 0 aliphatic rings. The van der Waals surface area contributed by atoms with E-state index in [0.29, 0.717) is 19.2 Å². The van der Waals surface area contributed by atoms with Gasteiger partial charge in [-0.3, -0.25) is 0 Å². The molecule has 0 spiro atoms. The monoisotopic (exact) mass is 405 g/mol. The van der Waals surface area contributed by atoms with Crippen molar-refractivity contribution in [2.45, 2.75) is 40.2 Å². The van der Waals surface area contributed by atoms with Gasteiger partial charge >= 0.3 is 0 Å². The van der Waals surface area contributed by atoms with Gasteiger partial charge in [-0.1, -0.05) is 25.1 Å². The highest BCUT2D eigenvalue weighted by molar-refractivity contribution is 14.0. The van der Waals surface area contributed by atoms with E-state index in [2.05, 4.69) is 36.4 Å². The molecule has 0 radical (unpaired) electrons. The maximum Gasteiger partial charge on any atom is 0.191 e. The summed E-state index contributed by atoms with van der Waals surface area (Å²) in [5.74, 6) is 1.79. The molecule has 120 valence electrons. The van der Waals surface area contributed by atoms with E-state index < -0.39 is 0 Å². The molecule has 1 rings (SSSR count). The fourth-order valence-electron chi connectivity index (χ4n) is 1.69. The Morgan fingerprint density at radius 2 is 2.00 bits per heavy atom. The Balaban J connectivity index is 0.00000400. The zero-order valence-corrected chi connectivity index (χ0v) is 15.8. The van der Waals surface area contributed by atoms with Crippen molar-refractivity contribution in [3.8, 4) is 5.75 Å². The number of benzene rings is 1. The fraction of sp³-hybridized carbons (Fsp3) is 0.562. The van der Waals surface area contributed by atoms with Crippen LogP contribution in [0.1, 0.15) is 32.8 Å². The minimum Gasteiger partial charge on any atom is -0.491 e. The first-order chi connectivity index (χ1) is 9.67. The molecule has 0 fully saturated rings. The summed E-state index contributed by atoms with van der Waals surface area (Å²) in [6, 6.07) is 8.46. The van der Waals surface area contributed by atoms with Crippen LogP contribution in [-0.2, 0) is 0 Å². The first kappa shape index (κ1) is 20.0. The van der Waals surface area contributed by atoms with Crippen LogP contribution < -0.4 is 15.4 Å². The number of nitrogens with zero attached hydrogens (tertiary/aromatic N) is 1. The van der Waals surface area contributed by atoms with E-state index in [1.165, 1.54) is 0 Å². The number of rotatable bonds is 7. The SMILES string of the molecule is CCNC(=NCCOc1ccccc1C)NC(C)CC.I. The average Bonchev–Trinajstić information content (AvgIpc) is 2.45. The molecule has 21 heavy (non-hydrogen) atoms. The molecule has 0 aliphatic carbocycles. The van der Waals surface area contributed by atoms with Crippen molar-refractivity contribution in [2.24, 2.45) is 4.99 Å². The van der Waals surface area contributed by atoms with Crippen molar-refractivity contribution >= 4 is 29.9 Å². The second-order valence-corrected chi connectivity index (χ2v) is 4.83. The van der Waals surface area contributed by atoms with Crippen molar-refractivity contribution in [1.82, 2.24) is 10.6 Å². The zero-order chi connectivity index (χ0) is 14.8. The lowest BCUT2D eigenvalue weighted by atomic mass is 10.2. The molecule has 5 heteroatoms. The number of hydrogen-bond donors (Lipinski definition) is 2. The van der Waals surface area contributed by atoms with Crippen LogP contribution in [-0.4, -0.2) is 31.7 Å². The van der Waals surface area contributed by atoms with Crippen molar-refractivity contribution < 1.29 is 4.74 Å². The minimum atomic E-state index is 0. The third-order valence-electron chi connectivity index (χ3n) is 3.05. The van der Waals surface area contributed by atoms with Gasteiger partial charge in [0.15, 0.2) is 5.96 Å². The molecule has 0 aromatic heterocycles. The highest BCUT2D eigenvalue weighted by Gasteiger charge is 2.02. The number of aryl methyl sites for hydroxylation is 1. The third-order valence-corrected chi connectivity index (χ3v) is 3.05. The van der Waals surface area contributed by atoms with Gasteiger partial charge in [0.1, 0.15) is 12.4 Å². The molecule has 0 bridgehead atoms. The second kappa shape index (κ2) is 11.7. The largest absolute Gasteiger partial charge is 0.491 e. The minimum absolute atomic E-state index is 0. The third kappa shape index (κ3) is 8.14. The summed E-state index contributed by atoms with van der Waals surface area (Å²) in [6.07, 6.45) is 1.07. The Bertz CT molecular complexity index is 424. The van der Waals surface area contributed by atoms with Gasteiger partial charge in [0.25, 0.3) is 0 Å². The number of hydrogen-bond acceptors (Lipinski definition) is 2. The van der Waals surface area contributed by atoms with Crippen LogP contribution in [0.3, 0.4) is 0 Å². The van der Waals surface area contributed by atoms with Gasteiger partial charge in [0.2, 0.25) is 0 Å². The van der Waals surface area contributed by atoms with E-state index in [1.807, 2.05) is 31.2 Å². The topological polar surface area (TPSA) is 45.7 Å². The van der Waals surface area contributed by atoms with Gasteiger partial charge in [-0.25, -0.2) is 4.99 Å². The van der Waals surface area contributed by atoms with E-state index in [9.17, 15) is 0 Å². The Morgan fingerprint density at radius 1 is 1.29 bits per heavy atom. The van der Waals surface area contributed by atoms with Crippen molar-refractivity contribution in [3.63, 3.8) is 0 Å². The molecule has 0 amide bonds. The number of halogens is 1. The maximum absolute atomic E-state index is 5.73. The summed E-state index contributed by atoms with van der Waals surface area (Å²) in [6.45, 7) is 10.5. The van der Waals surface area contributed by atoms with Gasteiger partial charge in [0.05, 0.1) is 6.54 Å². The fourth-order valence-corrected chi connectivity index (χ4v) is 1.69. The lowest BCUT2D eigenvalue weighted by molar-refractivity contribution is 0.326. The standard InChI is InChI=1S/C16H27N3O.HI/c1-5-14(4)19-16(17-6-2)18-11-12-20-15-10-8-7-9-13(15)3;/h7-10,14H,5-6,11-12H2,1-4H3,(H2,17,18,19);1H. The Labute approximate surface area is 145 Å². The number of ether oxygens (including phenoxy) is 1. The summed E-state index contributed by atoms with van der Waals surface area (Å²) in [7, 11) is 0. The van der Waals surface area contributed by atoms with Crippen LogP contribution >= 0.6 is 24.0 Å². The molecule has 2 N–H and O–H groups in total. The van der Waals surface area contributed by atoms with Crippen molar-refractivity contribution in [3.05, 3.63) is 29.8 Å². The summed E-state index contributed by atoms with van der Waals surface area (Å²) in [4.78, 5) is 4.52. The second-order valence-electron chi connectivity index (χ2n) is 4.83. The molecule has 1 atom stereocenters. The van der Waals surface area contributed by atoms with E-state index in [4.69, 9.17) is 4.74 Å². The molecule has 0 saturated carbocycles. The summed E-state index contributed by atoms with van der Waals surface area (Å²) in [5.41, 5.74) is 1.15. The van der Waals surface area contributed by atoms with Gasteiger partial charge < -0.3 is 15.4 Å². The predicted molar refractivity (Wildman–Crippen MR) is 101 cm³/mol. The first-order valence-corrected chi connectivity index (χ1v) is 7.40. The molecule has 1 unspecified atom stereocenters. The molecule has 1 aromatic carbocycles. The highest BCUT2D eigenvalue weighted by Crippen LogP contribution is 2.15. The van der Waals surface area contributed by atoms with Gasteiger partial charge in [0, 0.05) is 12.6 Å². The Hall–Kier alpha value is -0.980. The van der Waals surface area contributed by atoms with Crippen LogP contribution in [0.4, 0.5) is 0 Å². The summed E-state index contributed by atoms with van der Waals surface area (Å²) >= 11 is 0. The summed E-state index contributed by atoms with van der Waals surface area (Å²) < 4.78 is 5.73. The average molecular weight is 405 g/mol. The maximum atomic E-state index is 5.73. The van der Waals surface area contributed by atoms with Crippen molar-refractivity contribution in [1.29, 1.82) is 0 Å². The Morgan fingerprint density at radius 3 is 2.62 bits per heavy atom. The van der Waals surface area contributed by atoms with Crippen LogP contribution in [0.5, 0.6) is 5.75 Å². The number of aliphatic imine (C=N–C) groups is 1. The number of nitrogens with one attached hydrogen (secondary N) is 2. The lowest BCUT2D eigenvalue weighted by Gasteiger charge is -2.16. The van der Waals surface area contributed by atoms with Crippen LogP contribution in [0, 0.1) is 6.92 Å². The van der Waals surface area contributed by atoms with E-state index in [-0.39, 0.29) is 24.0 Å². The number of guanidine groups is 1. The van der Waals surface area contributed by atoms with E-state index in [1.54, 1.807) is 0 Å². The van der Waals surface area contributed by atoms with Crippen LogP contribution in [0.25, 0.3) is 0 Å². The van der Waals surface area contributed by atoms with Gasteiger partial charge in [-0.15, -0.1) is 24.0 Å². The molecule has 4 nitrogen and oxygen atoms in total. The Kier molecular flexibility index (Phi) is 11.1. The van der Waals surface area contributed by atoms with E-state index >= 15 is 0 Å². The highest BCUT2D eigenvalue weighted by atomic mass is 127. The summed E-state index contributed by atoms with van der Waals surface area (Å²) in [5, 5.41) is 6.60. The van der Waals surface area contributed by atoms with E-state index in [0.717, 1.165) is 30.2 Å². The molecular formula is C16H28IN3O. The molecule has 0 heterocycles. The molecular weight excluding hydrogens is 377 g/mol. The number of para-hydroxylation sites is 1.